The lowest BCUT2D eigenvalue weighted by Gasteiger charge is -2.10. The summed E-state index contributed by atoms with van der Waals surface area (Å²) >= 11 is 0. The molecule has 20 heavy (non-hydrogen) atoms. The lowest BCUT2D eigenvalue weighted by atomic mass is 10.1. The summed E-state index contributed by atoms with van der Waals surface area (Å²) in [6.45, 7) is 7.06. The number of hydrogen-bond donors (Lipinski definition) is 2. The molecule has 0 unspecified atom stereocenters. The Morgan fingerprint density at radius 2 is 2.15 bits per heavy atom. The molecule has 0 saturated carbocycles. The Balaban J connectivity index is 2.59. The van der Waals surface area contributed by atoms with E-state index in [9.17, 15) is 9.90 Å². The number of carbonyl (C=O) groups is 1. The summed E-state index contributed by atoms with van der Waals surface area (Å²) in [5.41, 5.74) is 1.04. The van der Waals surface area contributed by atoms with Crippen LogP contribution in [0.5, 0.6) is 11.5 Å². The molecule has 0 radical (unpaired) electrons. The normalized spacial score (nSPS) is 10.8. The van der Waals surface area contributed by atoms with Crippen molar-refractivity contribution >= 4 is 5.97 Å². The predicted octanol–water partition coefficient (Wildman–Crippen LogP) is 3.03. The first-order valence-electron chi connectivity index (χ1n) is 7.29. The molecule has 0 spiro atoms. The van der Waals surface area contributed by atoms with Gasteiger partial charge in [-0.05, 0) is 37.1 Å². The molecular formula is C16H25NO3. The molecule has 0 amide bonds. The molecule has 0 bridgehead atoms. The van der Waals surface area contributed by atoms with Gasteiger partial charge in [-0.1, -0.05) is 33.3 Å². The van der Waals surface area contributed by atoms with Crippen molar-refractivity contribution in [2.24, 2.45) is 0 Å². The van der Waals surface area contributed by atoms with E-state index in [0.717, 1.165) is 31.4 Å². The number of phenols is 1. The largest absolute Gasteiger partial charge is 0.504 e. The minimum atomic E-state index is -0.292. The van der Waals surface area contributed by atoms with Gasteiger partial charge in [0.1, 0.15) is 0 Å². The Kier molecular flexibility index (Phi) is 7.09. The van der Waals surface area contributed by atoms with Crippen molar-refractivity contribution in [3.8, 4) is 11.5 Å². The number of ether oxygens (including phenoxy) is 1. The molecular weight excluding hydrogens is 254 g/mol. The number of nitrogens with one attached hydrogen (secondary N) is 1. The van der Waals surface area contributed by atoms with Crippen LogP contribution < -0.4 is 10.1 Å². The van der Waals surface area contributed by atoms with Crippen LogP contribution in [0.1, 0.15) is 45.6 Å². The molecule has 112 valence electrons. The van der Waals surface area contributed by atoms with E-state index in [1.807, 2.05) is 13.0 Å². The van der Waals surface area contributed by atoms with E-state index >= 15 is 0 Å². The molecule has 2 N–H and O–H groups in total. The Morgan fingerprint density at radius 3 is 2.80 bits per heavy atom. The van der Waals surface area contributed by atoms with Crippen molar-refractivity contribution < 1.29 is 14.6 Å². The van der Waals surface area contributed by atoms with Gasteiger partial charge >= 0.3 is 5.97 Å². The second-order valence-corrected chi connectivity index (χ2v) is 5.24. The van der Waals surface area contributed by atoms with E-state index in [1.165, 1.54) is 0 Å². The van der Waals surface area contributed by atoms with Gasteiger partial charge in [0.25, 0.3) is 0 Å². The highest BCUT2D eigenvalue weighted by Crippen LogP contribution is 2.27. The van der Waals surface area contributed by atoms with Crippen LogP contribution in [0, 0.1) is 0 Å². The molecule has 4 heteroatoms. The SMILES string of the molecule is CCCCC(=O)Oc1cc(CCNC(C)C)ccc1O. The van der Waals surface area contributed by atoms with Gasteiger partial charge in [0.15, 0.2) is 11.5 Å². The van der Waals surface area contributed by atoms with Gasteiger partial charge < -0.3 is 15.2 Å². The maximum atomic E-state index is 11.6. The standard InChI is InChI=1S/C16H25NO3/c1-4-5-6-16(19)20-15-11-13(7-8-14(15)18)9-10-17-12(2)3/h7-8,11-12,17-18H,4-6,9-10H2,1-3H3. The number of rotatable bonds is 8. The molecule has 1 aromatic rings. The van der Waals surface area contributed by atoms with E-state index in [4.69, 9.17) is 4.74 Å². The fraction of sp³-hybridized carbons (Fsp3) is 0.562. The fourth-order valence-electron chi connectivity index (χ4n) is 1.80. The molecule has 1 rings (SSSR count). The van der Waals surface area contributed by atoms with Gasteiger partial charge in [0, 0.05) is 12.5 Å². The van der Waals surface area contributed by atoms with Gasteiger partial charge in [-0.15, -0.1) is 0 Å². The number of aromatic hydroxyl groups is 1. The Labute approximate surface area is 121 Å². The summed E-state index contributed by atoms with van der Waals surface area (Å²) in [4.78, 5) is 11.6. The molecule has 0 saturated heterocycles. The predicted molar refractivity (Wildman–Crippen MR) is 80.1 cm³/mol. The van der Waals surface area contributed by atoms with Crippen LogP contribution in [0.3, 0.4) is 0 Å². The zero-order valence-electron chi connectivity index (χ0n) is 12.6. The fourth-order valence-corrected chi connectivity index (χ4v) is 1.80. The van der Waals surface area contributed by atoms with E-state index in [0.29, 0.717) is 12.5 Å². The number of unbranched alkanes of at least 4 members (excludes halogenated alkanes) is 1. The van der Waals surface area contributed by atoms with Crippen LogP contribution in [-0.4, -0.2) is 23.7 Å². The minimum Gasteiger partial charge on any atom is -0.504 e. The van der Waals surface area contributed by atoms with Gasteiger partial charge in [-0.3, -0.25) is 4.79 Å². The summed E-state index contributed by atoms with van der Waals surface area (Å²) in [5, 5.41) is 13.1. The van der Waals surface area contributed by atoms with E-state index in [2.05, 4.69) is 19.2 Å². The minimum absolute atomic E-state index is 0.00965. The van der Waals surface area contributed by atoms with Crippen molar-refractivity contribution in [1.29, 1.82) is 0 Å². The molecule has 4 nitrogen and oxygen atoms in total. The highest BCUT2D eigenvalue weighted by molar-refractivity contribution is 5.73. The van der Waals surface area contributed by atoms with Gasteiger partial charge in [-0.2, -0.15) is 0 Å². The molecule has 0 heterocycles. The van der Waals surface area contributed by atoms with Crippen molar-refractivity contribution in [2.75, 3.05) is 6.54 Å². The lowest BCUT2D eigenvalue weighted by Crippen LogP contribution is -2.24. The first kappa shape index (κ1) is 16.5. The second-order valence-electron chi connectivity index (χ2n) is 5.24. The molecule has 0 aliphatic rings. The maximum Gasteiger partial charge on any atom is 0.311 e. The molecule has 0 fully saturated rings. The van der Waals surface area contributed by atoms with Crippen LogP contribution in [0.2, 0.25) is 0 Å². The average Bonchev–Trinajstić information content (AvgIpc) is 2.39. The first-order valence-corrected chi connectivity index (χ1v) is 7.29. The molecule has 0 aliphatic heterocycles. The van der Waals surface area contributed by atoms with Crippen molar-refractivity contribution in [2.45, 2.75) is 52.5 Å². The number of hydrogen-bond acceptors (Lipinski definition) is 4. The molecule has 0 aliphatic carbocycles. The van der Waals surface area contributed by atoms with Crippen molar-refractivity contribution in [3.63, 3.8) is 0 Å². The molecule has 0 atom stereocenters. The first-order chi connectivity index (χ1) is 9.52. The van der Waals surface area contributed by atoms with Crippen LogP contribution in [-0.2, 0) is 11.2 Å². The lowest BCUT2D eigenvalue weighted by molar-refractivity contribution is -0.134. The van der Waals surface area contributed by atoms with E-state index in [-0.39, 0.29) is 17.5 Å². The zero-order chi connectivity index (χ0) is 15.0. The van der Waals surface area contributed by atoms with E-state index in [1.54, 1.807) is 12.1 Å². The van der Waals surface area contributed by atoms with Crippen LogP contribution in [0.15, 0.2) is 18.2 Å². The second kappa shape index (κ2) is 8.59. The number of carbonyl (C=O) groups excluding carboxylic acids is 1. The summed E-state index contributed by atoms with van der Waals surface area (Å²) in [5.74, 6) is -0.0248. The monoisotopic (exact) mass is 279 g/mol. The Hall–Kier alpha value is -1.55. The van der Waals surface area contributed by atoms with Gasteiger partial charge in [0.05, 0.1) is 0 Å². The van der Waals surface area contributed by atoms with Crippen molar-refractivity contribution in [1.82, 2.24) is 5.32 Å². The highest BCUT2D eigenvalue weighted by atomic mass is 16.5. The van der Waals surface area contributed by atoms with Gasteiger partial charge in [0.2, 0.25) is 0 Å². The number of esters is 1. The summed E-state index contributed by atoms with van der Waals surface area (Å²) in [7, 11) is 0. The van der Waals surface area contributed by atoms with Crippen molar-refractivity contribution in [3.05, 3.63) is 23.8 Å². The summed E-state index contributed by atoms with van der Waals surface area (Å²) < 4.78 is 5.21. The number of phenolic OH excluding ortho intramolecular Hbond substituents is 1. The average molecular weight is 279 g/mol. The zero-order valence-corrected chi connectivity index (χ0v) is 12.6. The van der Waals surface area contributed by atoms with Crippen LogP contribution in [0.25, 0.3) is 0 Å². The topological polar surface area (TPSA) is 58.6 Å². The molecule has 0 aromatic heterocycles. The third kappa shape index (κ3) is 6.06. The molecule has 1 aromatic carbocycles. The number of benzene rings is 1. The van der Waals surface area contributed by atoms with Crippen LogP contribution in [0.4, 0.5) is 0 Å². The quantitative estimate of drug-likeness (QED) is 0.567. The summed E-state index contributed by atoms with van der Waals surface area (Å²) in [6.07, 6.45) is 2.96. The maximum absolute atomic E-state index is 11.6. The Bertz CT molecular complexity index is 430. The van der Waals surface area contributed by atoms with Crippen LogP contribution >= 0.6 is 0 Å². The smallest absolute Gasteiger partial charge is 0.311 e. The van der Waals surface area contributed by atoms with Gasteiger partial charge in [-0.25, -0.2) is 0 Å². The highest BCUT2D eigenvalue weighted by Gasteiger charge is 2.09. The summed E-state index contributed by atoms with van der Waals surface area (Å²) in [6, 6.07) is 5.60. The third-order valence-corrected chi connectivity index (χ3v) is 2.95. The third-order valence-electron chi connectivity index (χ3n) is 2.95. The Morgan fingerprint density at radius 1 is 1.40 bits per heavy atom. The van der Waals surface area contributed by atoms with E-state index < -0.39 is 0 Å².